The predicted octanol–water partition coefficient (Wildman–Crippen LogP) is 1.59. The summed E-state index contributed by atoms with van der Waals surface area (Å²) in [5, 5.41) is 9.68. The summed E-state index contributed by atoms with van der Waals surface area (Å²) in [6.45, 7) is 4.24. The molecule has 4 aliphatic rings. The van der Waals surface area contributed by atoms with Gasteiger partial charge in [-0.05, 0) is 49.4 Å². The molecule has 3 saturated heterocycles. The fraction of sp³-hybridized carbons (Fsp3) is 0.588. The van der Waals surface area contributed by atoms with E-state index in [4.69, 9.17) is 0 Å². The van der Waals surface area contributed by atoms with Crippen LogP contribution in [0.3, 0.4) is 0 Å². The van der Waals surface area contributed by atoms with Crippen LogP contribution in [0.2, 0.25) is 0 Å². The van der Waals surface area contributed by atoms with Crippen molar-refractivity contribution in [3.63, 3.8) is 0 Å². The zero-order valence-corrected chi connectivity index (χ0v) is 12.2. The third kappa shape index (κ3) is 2.27. The topological polar surface area (TPSA) is 43.8 Å². The van der Waals surface area contributed by atoms with E-state index in [-0.39, 0.29) is 6.04 Å². The maximum Gasteiger partial charge on any atom is 0.321 e. The summed E-state index contributed by atoms with van der Waals surface area (Å²) in [4.78, 5) is 16.6. The fourth-order valence-electron chi connectivity index (χ4n) is 4.43. The molecule has 1 aromatic carbocycles. The number of fused-ring (bicyclic) bond motifs is 4. The second kappa shape index (κ2) is 5.11. The van der Waals surface area contributed by atoms with Crippen LogP contribution in [0.5, 0.6) is 0 Å². The number of hydrogen-bond acceptors (Lipinski definition) is 3. The summed E-state index contributed by atoms with van der Waals surface area (Å²) in [5.41, 5.74) is 2.52. The van der Waals surface area contributed by atoms with Crippen molar-refractivity contribution in [1.29, 1.82) is 0 Å². The molecule has 1 aromatic rings. The Hall–Kier alpha value is -1.39. The van der Waals surface area contributed by atoms with Gasteiger partial charge < -0.3 is 10.0 Å². The van der Waals surface area contributed by atoms with Crippen LogP contribution in [0.4, 0.5) is 0 Å². The first-order valence-corrected chi connectivity index (χ1v) is 8.00. The molecule has 4 heteroatoms. The Bertz CT molecular complexity index is 551. The molecule has 4 heterocycles. The number of benzene rings is 1. The molecule has 4 aliphatic heterocycles. The molecule has 1 N–H and O–H groups in total. The highest BCUT2D eigenvalue weighted by molar-refractivity contribution is 5.74. The van der Waals surface area contributed by atoms with Gasteiger partial charge in [0.05, 0.1) is 0 Å². The van der Waals surface area contributed by atoms with E-state index in [1.807, 2.05) is 6.07 Å². The van der Waals surface area contributed by atoms with Crippen LogP contribution >= 0.6 is 0 Å². The van der Waals surface area contributed by atoms with Crippen molar-refractivity contribution < 1.29 is 9.90 Å². The summed E-state index contributed by atoms with van der Waals surface area (Å²) in [6, 6.07) is 8.38. The number of nitrogens with zero attached hydrogens (tertiary/aromatic N) is 2. The molecule has 2 unspecified atom stereocenters. The molecule has 0 aromatic heterocycles. The van der Waals surface area contributed by atoms with Crippen molar-refractivity contribution in [1.82, 2.24) is 9.80 Å². The number of rotatable bonds is 2. The van der Waals surface area contributed by atoms with E-state index in [9.17, 15) is 9.90 Å². The molecule has 0 aliphatic carbocycles. The van der Waals surface area contributed by atoms with Gasteiger partial charge in [0.15, 0.2) is 0 Å². The minimum Gasteiger partial charge on any atom is -0.480 e. The largest absolute Gasteiger partial charge is 0.480 e. The number of carboxylic acids is 1. The van der Waals surface area contributed by atoms with Gasteiger partial charge in [0.1, 0.15) is 6.04 Å². The standard InChI is InChI=1S/C17H22N2O2/c20-17(21)15-9-13-3-1-2-4-14(13)10-19(15)16-11-18-7-5-12(16)6-8-18/h1-4,12,15-16H,5-11H2,(H,20,21). The van der Waals surface area contributed by atoms with E-state index in [2.05, 4.69) is 28.0 Å². The van der Waals surface area contributed by atoms with E-state index in [1.54, 1.807) is 0 Å². The van der Waals surface area contributed by atoms with Gasteiger partial charge in [-0.3, -0.25) is 9.69 Å². The molecule has 21 heavy (non-hydrogen) atoms. The lowest BCUT2D eigenvalue weighted by Gasteiger charge is -2.51. The summed E-state index contributed by atoms with van der Waals surface area (Å²) in [5.74, 6) is 0.0167. The molecule has 5 rings (SSSR count). The third-order valence-corrected chi connectivity index (χ3v) is 5.62. The number of hydrogen-bond donors (Lipinski definition) is 1. The van der Waals surface area contributed by atoms with Gasteiger partial charge in [0.2, 0.25) is 0 Å². The van der Waals surface area contributed by atoms with Crippen LogP contribution in [-0.2, 0) is 17.8 Å². The van der Waals surface area contributed by atoms with E-state index in [0.29, 0.717) is 18.4 Å². The molecule has 4 nitrogen and oxygen atoms in total. The monoisotopic (exact) mass is 286 g/mol. The normalized spacial score (nSPS) is 35.4. The second-order valence-electron chi connectivity index (χ2n) is 6.70. The van der Waals surface area contributed by atoms with Crippen LogP contribution in [-0.4, -0.2) is 52.6 Å². The highest BCUT2D eigenvalue weighted by Gasteiger charge is 2.43. The van der Waals surface area contributed by atoms with Crippen molar-refractivity contribution in [2.75, 3.05) is 19.6 Å². The molecular formula is C17H22N2O2. The van der Waals surface area contributed by atoms with Crippen molar-refractivity contribution >= 4 is 5.97 Å². The summed E-state index contributed by atoms with van der Waals surface area (Å²) in [6.07, 6.45) is 3.11. The highest BCUT2D eigenvalue weighted by Crippen LogP contribution is 2.35. The number of carbonyl (C=O) groups is 1. The maximum absolute atomic E-state index is 11.8. The molecule has 0 spiro atoms. The highest BCUT2D eigenvalue weighted by atomic mass is 16.4. The smallest absolute Gasteiger partial charge is 0.321 e. The van der Waals surface area contributed by atoms with Crippen LogP contribution in [0.25, 0.3) is 0 Å². The van der Waals surface area contributed by atoms with Gasteiger partial charge in [0, 0.05) is 19.1 Å². The van der Waals surface area contributed by atoms with Crippen LogP contribution in [0.1, 0.15) is 24.0 Å². The Balaban J connectivity index is 1.65. The van der Waals surface area contributed by atoms with E-state index in [1.165, 1.54) is 37.1 Å². The lowest BCUT2D eigenvalue weighted by Crippen LogP contribution is -2.61. The van der Waals surface area contributed by atoms with E-state index < -0.39 is 5.97 Å². The minimum atomic E-state index is -0.666. The fourth-order valence-corrected chi connectivity index (χ4v) is 4.43. The average molecular weight is 286 g/mol. The molecule has 112 valence electrons. The molecule has 2 atom stereocenters. The first kappa shape index (κ1) is 13.3. The Morgan fingerprint density at radius 3 is 2.48 bits per heavy atom. The maximum atomic E-state index is 11.8. The van der Waals surface area contributed by atoms with Crippen LogP contribution in [0, 0.1) is 5.92 Å². The molecule has 0 radical (unpaired) electrons. The lowest BCUT2D eigenvalue weighted by molar-refractivity contribution is -0.147. The predicted molar refractivity (Wildman–Crippen MR) is 80.1 cm³/mol. The van der Waals surface area contributed by atoms with Crippen molar-refractivity contribution in [2.24, 2.45) is 5.92 Å². The van der Waals surface area contributed by atoms with Crippen LogP contribution in [0.15, 0.2) is 24.3 Å². The van der Waals surface area contributed by atoms with Gasteiger partial charge in [-0.25, -0.2) is 0 Å². The Morgan fingerprint density at radius 2 is 1.86 bits per heavy atom. The van der Waals surface area contributed by atoms with Gasteiger partial charge in [-0.1, -0.05) is 24.3 Å². The van der Waals surface area contributed by atoms with Crippen molar-refractivity contribution in [2.45, 2.75) is 37.9 Å². The lowest BCUT2D eigenvalue weighted by atomic mass is 9.80. The van der Waals surface area contributed by atoms with Gasteiger partial charge in [0.25, 0.3) is 0 Å². The number of carboxylic acid groups (broad SMARTS) is 1. The minimum absolute atomic E-state index is 0.356. The zero-order chi connectivity index (χ0) is 14.4. The Labute approximate surface area is 125 Å². The number of aliphatic carboxylic acids is 1. The second-order valence-corrected chi connectivity index (χ2v) is 6.70. The molecule has 0 amide bonds. The Morgan fingerprint density at radius 1 is 1.14 bits per heavy atom. The zero-order valence-electron chi connectivity index (χ0n) is 12.2. The van der Waals surface area contributed by atoms with Gasteiger partial charge >= 0.3 is 5.97 Å². The van der Waals surface area contributed by atoms with Crippen LogP contribution < -0.4 is 0 Å². The average Bonchev–Trinajstić information content (AvgIpc) is 2.54. The van der Waals surface area contributed by atoms with E-state index >= 15 is 0 Å². The summed E-state index contributed by atoms with van der Waals surface area (Å²) < 4.78 is 0. The SMILES string of the molecule is O=C(O)C1Cc2ccccc2CN1C1CN2CCC1CC2. The molecule has 2 bridgehead atoms. The van der Waals surface area contributed by atoms with E-state index in [0.717, 1.165) is 13.1 Å². The third-order valence-electron chi connectivity index (χ3n) is 5.62. The van der Waals surface area contributed by atoms with Crippen molar-refractivity contribution in [3.8, 4) is 0 Å². The van der Waals surface area contributed by atoms with Gasteiger partial charge in [-0.2, -0.15) is 0 Å². The quantitative estimate of drug-likeness (QED) is 0.897. The first-order chi connectivity index (χ1) is 10.2. The Kier molecular flexibility index (Phi) is 3.23. The summed E-state index contributed by atoms with van der Waals surface area (Å²) in [7, 11) is 0. The number of piperidine rings is 3. The van der Waals surface area contributed by atoms with Gasteiger partial charge in [-0.15, -0.1) is 0 Å². The van der Waals surface area contributed by atoms with Crippen molar-refractivity contribution in [3.05, 3.63) is 35.4 Å². The molecule has 3 fully saturated rings. The summed E-state index contributed by atoms with van der Waals surface area (Å²) >= 11 is 0. The first-order valence-electron chi connectivity index (χ1n) is 8.00. The molecule has 0 saturated carbocycles. The molecular weight excluding hydrogens is 264 g/mol.